The van der Waals surface area contributed by atoms with Crippen LogP contribution >= 0.6 is 0 Å². The van der Waals surface area contributed by atoms with Gasteiger partial charge < -0.3 is 19.9 Å². The van der Waals surface area contributed by atoms with Crippen molar-refractivity contribution in [2.75, 3.05) is 18.5 Å². The number of rotatable bonds is 6. The van der Waals surface area contributed by atoms with Gasteiger partial charge in [0.15, 0.2) is 0 Å². The van der Waals surface area contributed by atoms with E-state index in [2.05, 4.69) is 10.6 Å². The average Bonchev–Trinajstić information content (AvgIpc) is 3.16. The second kappa shape index (κ2) is 8.67. The number of hydrogen-bond acceptors (Lipinski definition) is 3. The quantitative estimate of drug-likeness (QED) is 0.836. The average molecular weight is 355 g/mol. The fourth-order valence-electron chi connectivity index (χ4n) is 3.24. The molecule has 2 unspecified atom stereocenters. The molecule has 3 rings (SSSR count). The van der Waals surface area contributed by atoms with Gasteiger partial charge in [-0.15, -0.1) is 0 Å². The third kappa shape index (κ3) is 4.73. The van der Waals surface area contributed by atoms with Crippen LogP contribution in [0.1, 0.15) is 31.4 Å². The molecule has 6 nitrogen and oxygen atoms in total. The number of nitrogens with one attached hydrogen (secondary N) is 2. The Balaban J connectivity index is 1.69. The van der Waals surface area contributed by atoms with Crippen molar-refractivity contribution in [3.05, 3.63) is 64.6 Å². The maximum Gasteiger partial charge on any atom is 0.319 e. The number of urea groups is 1. The third-order valence-electron chi connectivity index (χ3n) is 4.68. The van der Waals surface area contributed by atoms with E-state index in [1.54, 1.807) is 16.8 Å². The molecule has 0 aliphatic carbocycles. The Morgan fingerprint density at radius 3 is 2.77 bits per heavy atom. The summed E-state index contributed by atoms with van der Waals surface area (Å²) in [4.78, 5) is 24.2. The largest absolute Gasteiger partial charge is 0.381 e. The second-order valence-electron chi connectivity index (χ2n) is 6.57. The van der Waals surface area contributed by atoms with Crippen LogP contribution < -0.4 is 16.2 Å². The van der Waals surface area contributed by atoms with Gasteiger partial charge in [-0.25, -0.2) is 4.79 Å². The predicted octanol–water partition coefficient (Wildman–Crippen LogP) is 3.16. The molecule has 2 amide bonds. The van der Waals surface area contributed by atoms with Crippen LogP contribution in [0, 0.1) is 5.92 Å². The summed E-state index contributed by atoms with van der Waals surface area (Å²) >= 11 is 0. The van der Waals surface area contributed by atoms with E-state index in [0.717, 1.165) is 31.6 Å². The molecule has 0 saturated carbocycles. The van der Waals surface area contributed by atoms with Crippen molar-refractivity contribution in [1.82, 2.24) is 9.88 Å². The SMILES string of the molecule is CCn1cc(NC(=O)NC(CC2CCOC2)c2ccccc2)ccc1=O. The highest BCUT2D eigenvalue weighted by atomic mass is 16.5. The molecule has 2 N–H and O–H groups in total. The lowest BCUT2D eigenvalue weighted by Gasteiger charge is -2.22. The zero-order valence-corrected chi connectivity index (χ0v) is 15.0. The van der Waals surface area contributed by atoms with Gasteiger partial charge >= 0.3 is 6.03 Å². The first-order valence-corrected chi connectivity index (χ1v) is 9.06. The first kappa shape index (κ1) is 18.2. The minimum atomic E-state index is -0.279. The van der Waals surface area contributed by atoms with Crippen molar-refractivity contribution in [2.24, 2.45) is 5.92 Å². The number of ether oxygens (including phenoxy) is 1. The molecule has 1 saturated heterocycles. The predicted molar refractivity (Wildman–Crippen MR) is 101 cm³/mol. The lowest BCUT2D eigenvalue weighted by atomic mass is 9.94. The van der Waals surface area contributed by atoms with Gasteiger partial charge in [0.1, 0.15) is 0 Å². The smallest absolute Gasteiger partial charge is 0.319 e. The Morgan fingerprint density at radius 1 is 1.27 bits per heavy atom. The van der Waals surface area contributed by atoms with Crippen molar-refractivity contribution in [3.63, 3.8) is 0 Å². The van der Waals surface area contributed by atoms with Crippen LogP contribution in [0.5, 0.6) is 0 Å². The fraction of sp³-hybridized carbons (Fsp3) is 0.400. The van der Waals surface area contributed by atoms with Gasteiger partial charge in [0.2, 0.25) is 0 Å². The number of amides is 2. The van der Waals surface area contributed by atoms with Crippen LogP contribution in [0.15, 0.2) is 53.5 Å². The van der Waals surface area contributed by atoms with Gasteiger partial charge in [-0.3, -0.25) is 4.79 Å². The topological polar surface area (TPSA) is 72.4 Å². The van der Waals surface area contributed by atoms with Crippen LogP contribution in [0.3, 0.4) is 0 Å². The van der Waals surface area contributed by atoms with E-state index in [9.17, 15) is 9.59 Å². The summed E-state index contributed by atoms with van der Waals surface area (Å²) in [5.74, 6) is 0.447. The van der Waals surface area contributed by atoms with E-state index < -0.39 is 0 Å². The van der Waals surface area contributed by atoms with Gasteiger partial charge in [0, 0.05) is 32.0 Å². The molecular weight excluding hydrogens is 330 g/mol. The fourth-order valence-corrected chi connectivity index (χ4v) is 3.24. The number of benzene rings is 1. The Hall–Kier alpha value is -2.60. The number of anilines is 1. The summed E-state index contributed by atoms with van der Waals surface area (Å²) in [6.07, 6.45) is 3.52. The number of carbonyl (C=O) groups is 1. The number of nitrogens with zero attached hydrogens (tertiary/aromatic N) is 1. The van der Waals surface area contributed by atoms with Gasteiger partial charge in [-0.1, -0.05) is 30.3 Å². The molecule has 6 heteroatoms. The molecule has 1 aromatic heterocycles. The summed E-state index contributed by atoms with van der Waals surface area (Å²) in [5.41, 5.74) is 1.59. The molecule has 1 aromatic carbocycles. The number of carbonyl (C=O) groups excluding carboxylic acids is 1. The molecule has 2 aromatic rings. The van der Waals surface area contributed by atoms with Crippen LogP contribution in [0.4, 0.5) is 10.5 Å². The second-order valence-corrected chi connectivity index (χ2v) is 6.57. The first-order valence-electron chi connectivity index (χ1n) is 9.06. The van der Waals surface area contributed by atoms with Gasteiger partial charge in [0.25, 0.3) is 5.56 Å². The monoisotopic (exact) mass is 355 g/mol. The summed E-state index contributed by atoms with van der Waals surface area (Å²) in [6, 6.07) is 12.7. The minimum absolute atomic E-state index is 0.0816. The highest BCUT2D eigenvalue weighted by Gasteiger charge is 2.23. The zero-order chi connectivity index (χ0) is 18.4. The molecular formula is C20H25N3O3. The van der Waals surface area contributed by atoms with Crippen molar-refractivity contribution in [3.8, 4) is 0 Å². The van der Waals surface area contributed by atoms with Crippen LogP contribution in [-0.2, 0) is 11.3 Å². The molecule has 1 fully saturated rings. The Morgan fingerprint density at radius 2 is 2.08 bits per heavy atom. The van der Waals surface area contributed by atoms with E-state index in [-0.39, 0.29) is 17.6 Å². The van der Waals surface area contributed by atoms with E-state index >= 15 is 0 Å². The van der Waals surface area contributed by atoms with E-state index in [1.165, 1.54) is 6.07 Å². The molecule has 2 atom stereocenters. The highest BCUT2D eigenvalue weighted by Crippen LogP contribution is 2.26. The number of hydrogen-bond donors (Lipinski definition) is 2. The number of pyridine rings is 1. The van der Waals surface area contributed by atoms with Crippen molar-refractivity contribution in [1.29, 1.82) is 0 Å². The molecule has 138 valence electrons. The van der Waals surface area contributed by atoms with Crippen LogP contribution in [-0.4, -0.2) is 23.8 Å². The Labute approximate surface area is 153 Å². The van der Waals surface area contributed by atoms with Crippen molar-refractivity contribution in [2.45, 2.75) is 32.4 Å². The highest BCUT2D eigenvalue weighted by molar-refractivity contribution is 5.89. The van der Waals surface area contributed by atoms with Crippen molar-refractivity contribution < 1.29 is 9.53 Å². The normalized spacial score (nSPS) is 17.7. The maximum atomic E-state index is 12.5. The zero-order valence-electron chi connectivity index (χ0n) is 15.0. The van der Waals surface area contributed by atoms with E-state index in [0.29, 0.717) is 18.2 Å². The maximum absolute atomic E-state index is 12.5. The summed E-state index contributed by atoms with van der Waals surface area (Å²) in [5, 5.41) is 5.90. The first-order chi connectivity index (χ1) is 12.7. The van der Waals surface area contributed by atoms with Crippen molar-refractivity contribution >= 4 is 11.7 Å². The van der Waals surface area contributed by atoms with Gasteiger partial charge in [-0.2, -0.15) is 0 Å². The van der Waals surface area contributed by atoms with E-state index in [1.807, 2.05) is 37.3 Å². The number of aromatic nitrogens is 1. The molecule has 0 radical (unpaired) electrons. The lowest BCUT2D eigenvalue weighted by molar-refractivity contribution is 0.181. The van der Waals surface area contributed by atoms with Crippen LogP contribution in [0.2, 0.25) is 0 Å². The van der Waals surface area contributed by atoms with E-state index in [4.69, 9.17) is 4.74 Å². The van der Waals surface area contributed by atoms with Gasteiger partial charge in [-0.05, 0) is 37.3 Å². The Bertz CT molecular complexity index is 782. The third-order valence-corrected chi connectivity index (χ3v) is 4.68. The molecule has 1 aliphatic heterocycles. The summed E-state index contributed by atoms with van der Waals surface area (Å²) in [7, 11) is 0. The molecule has 26 heavy (non-hydrogen) atoms. The molecule has 0 spiro atoms. The molecule has 1 aliphatic rings. The molecule has 0 bridgehead atoms. The molecule has 2 heterocycles. The lowest BCUT2D eigenvalue weighted by Crippen LogP contribution is -2.34. The summed E-state index contributed by atoms with van der Waals surface area (Å²) < 4.78 is 7.03. The summed E-state index contributed by atoms with van der Waals surface area (Å²) in [6.45, 7) is 3.98. The van der Waals surface area contributed by atoms with Gasteiger partial charge in [0.05, 0.1) is 11.7 Å². The minimum Gasteiger partial charge on any atom is -0.381 e. The standard InChI is InChI=1S/C20H25N3O3/c1-2-23-13-17(8-9-19(23)24)21-20(25)22-18(12-15-10-11-26-14-15)16-6-4-3-5-7-16/h3-9,13,15,18H,2,10-12,14H2,1H3,(H2,21,22,25). The Kier molecular flexibility index (Phi) is 6.07. The van der Waals surface area contributed by atoms with Crippen LogP contribution in [0.25, 0.3) is 0 Å². The number of aryl methyl sites for hydroxylation is 1.